The first-order valence-corrected chi connectivity index (χ1v) is 6.70. The number of rotatable bonds is 3. The fraction of sp³-hybridized carbons (Fsp3) is 0.357. The van der Waals surface area contributed by atoms with Crippen molar-refractivity contribution in [1.29, 1.82) is 0 Å². The molecule has 5 heteroatoms. The second-order valence-corrected chi connectivity index (χ2v) is 5.05. The van der Waals surface area contributed by atoms with Crippen molar-refractivity contribution in [2.75, 3.05) is 4.90 Å². The standard InChI is InChI=1S/C14H16N2O2S/c1-3-9(2)10-4-6-11(7-5-10)16-13(18)8-12(17)15-14(16)19/h4-7,9H,3,8H2,1-2H3,(H,15,17,19). The smallest absolute Gasteiger partial charge is 0.242 e. The van der Waals surface area contributed by atoms with Crippen LogP contribution in [0.25, 0.3) is 0 Å². The van der Waals surface area contributed by atoms with Gasteiger partial charge in [0, 0.05) is 0 Å². The maximum absolute atomic E-state index is 11.9. The minimum atomic E-state index is -0.345. The van der Waals surface area contributed by atoms with Crippen LogP contribution in [-0.4, -0.2) is 16.9 Å². The molecule has 1 N–H and O–H groups in total. The summed E-state index contributed by atoms with van der Waals surface area (Å²) in [4.78, 5) is 24.4. The molecule has 0 saturated carbocycles. The van der Waals surface area contributed by atoms with E-state index in [-0.39, 0.29) is 23.3 Å². The summed E-state index contributed by atoms with van der Waals surface area (Å²) in [6.07, 6.45) is 0.906. The van der Waals surface area contributed by atoms with Crippen LogP contribution in [0.15, 0.2) is 24.3 Å². The van der Waals surface area contributed by atoms with E-state index in [4.69, 9.17) is 12.2 Å². The third-order valence-electron chi connectivity index (χ3n) is 3.34. The zero-order valence-corrected chi connectivity index (χ0v) is 11.8. The van der Waals surface area contributed by atoms with Crippen LogP contribution in [0.3, 0.4) is 0 Å². The SMILES string of the molecule is CCC(C)c1ccc(N2C(=O)CC(=O)NC2=S)cc1. The molecule has 100 valence electrons. The van der Waals surface area contributed by atoms with Gasteiger partial charge in [-0.15, -0.1) is 0 Å². The Hall–Kier alpha value is -1.75. The molecule has 0 aliphatic carbocycles. The number of nitrogens with one attached hydrogen (secondary N) is 1. The Morgan fingerprint density at radius 1 is 1.32 bits per heavy atom. The van der Waals surface area contributed by atoms with Crippen molar-refractivity contribution in [3.8, 4) is 0 Å². The van der Waals surface area contributed by atoms with Crippen LogP contribution in [-0.2, 0) is 9.59 Å². The number of anilines is 1. The van der Waals surface area contributed by atoms with Crippen molar-refractivity contribution >= 4 is 34.8 Å². The first-order chi connectivity index (χ1) is 9.02. The lowest BCUT2D eigenvalue weighted by atomic mass is 9.98. The second kappa shape index (κ2) is 5.48. The lowest BCUT2D eigenvalue weighted by molar-refractivity contribution is -0.127. The van der Waals surface area contributed by atoms with E-state index in [2.05, 4.69) is 19.2 Å². The van der Waals surface area contributed by atoms with E-state index in [1.54, 1.807) is 0 Å². The molecule has 1 atom stereocenters. The van der Waals surface area contributed by atoms with Crippen molar-refractivity contribution in [1.82, 2.24) is 5.32 Å². The lowest BCUT2D eigenvalue weighted by Crippen LogP contribution is -2.52. The van der Waals surface area contributed by atoms with Crippen LogP contribution in [0.2, 0.25) is 0 Å². The van der Waals surface area contributed by atoms with Crippen molar-refractivity contribution in [2.24, 2.45) is 0 Å². The summed E-state index contributed by atoms with van der Waals surface area (Å²) in [5.74, 6) is -0.148. The van der Waals surface area contributed by atoms with Gasteiger partial charge in [-0.25, -0.2) is 0 Å². The number of hydrogen-bond donors (Lipinski definition) is 1. The highest BCUT2D eigenvalue weighted by Crippen LogP contribution is 2.23. The zero-order chi connectivity index (χ0) is 14.0. The van der Waals surface area contributed by atoms with Crippen molar-refractivity contribution in [2.45, 2.75) is 32.6 Å². The van der Waals surface area contributed by atoms with Crippen molar-refractivity contribution in [3.05, 3.63) is 29.8 Å². The molecule has 0 bridgehead atoms. The summed E-state index contributed by atoms with van der Waals surface area (Å²) in [7, 11) is 0. The van der Waals surface area contributed by atoms with Gasteiger partial charge in [0.1, 0.15) is 6.42 Å². The zero-order valence-electron chi connectivity index (χ0n) is 11.0. The van der Waals surface area contributed by atoms with Gasteiger partial charge in [-0.2, -0.15) is 0 Å². The molecule has 4 nitrogen and oxygen atoms in total. The van der Waals surface area contributed by atoms with E-state index in [9.17, 15) is 9.59 Å². The monoisotopic (exact) mass is 276 g/mol. The fourth-order valence-corrected chi connectivity index (χ4v) is 2.32. The molecule has 0 spiro atoms. The van der Waals surface area contributed by atoms with Gasteiger partial charge in [-0.1, -0.05) is 26.0 Å². The van der Waals surface area contributed by atoms with Gasteiger partial charge >= 0.3 is 0 Å². The van der Waals surface area contributed by atoms with E-state index in [0.29, 0.717) is 11.6 Å². The molecule has 1 aliphatic heterocycles. The number of hydrogen-bond acceptors (Lipinski definition) is 3. The molecule has 2 amide bonds. The summed E-state index contributed by atoms with van der Waals surface area (Å²) in [6.45, 7) is 4.29. The molecular weight excluding hydrogens is 260 g/mol. The molecular formula is C14H16N2O2S. The second-order valence-electron chi connectivity index (χ2n) is 4.66. The van der Waals surface area contributed by atoms with Gasteiger partial charge in [0.05, 0.1) is 5.69 Å². The molecule has 0 radical (unpaired) electrons. The Bertz CT molecular complexity index is 505. The highest BCUT2D eigenvalue weighted by Gasteiger charge is 2.29. The highest BCUT2D eigenvalue weighted by molar-refractivity contribution is 7.80. The highest BCUT2D eigenvalue weighted by atomic mass is 32.1. The molecule has 1 aliphatic rings. The van der Waals surface area contributed by atoms with E-state index >= 15 is 0 Å². The fourth-order valence-electron chi connectivity index (χ4n) is 2.00. The van der Waals surface area contributed by atoms with Gasteiger partial charge in [0.15, 0.2) is 5.11 Å². The number of amides is 2. The minimum absolute atomic E-state index is 0.150. The van der Waals surface area contributed by atoms with Crippen LogP contribution in [0, 0.1) is 0 Å². The van der Waals surface area contributed by atoms with Crippen molar-refractivity contribution < 1.29 is 9.59 Å². The van der Waals surface area contributed by atoms with Gasteiger partial charge in [-0.05, 0) is 42.3 Å². The van der Waals surface area contributed by atoms with Crippen LogP contribution in [0.1, 0.15) is 38.2 Å². The quantitative estimate of drug-likeness (QED) is 0.681. The first kappa shape index (κ1) is 13.7. The summed E-state index contributed by atoms with van der Waals surface area (Å²) in [5, 5.41) is 2.65. The average Bonchev–Trinajstić information content (AvgIpc) is 2.37. The Balaban J connectivity index is 2.24. The van der Waals surface area contributed by atoms with Gasteiger partial charge < -0.3 is 5.32 Å². The van der Waals surface area contributed by atoms with Crippen LogP contribution in [0.4, 0.5) is 5.69 Å². The summed E-state index contributed by atoms with van der Waals surface area (Å²) in [5.41, 5.74) is 1.92. The van der Waals surface area contributed by atoms with E-state index in [1.165, 1.54) is 10.5 Å². The Labute approximate surface area is 117 Å². The third kappa shape index (κ3) is 2.81. The summed E-state index contributed by atoms with van der Waals surface area (Å²) < 4.78 is 0. The summed E-state index contributed by atoms with van der Waals surface area (Å²) in [6, 6.07) is 7.72. The molecule has 0 aromatic heterocycles. The van der Waals surface area contributed by atoms with Crippen LogP contribution < -0.4 is 10.2 Å². The molecule has 1 unspecified atom stereocenters. The van der Waals surface area contributed by atoms with Crippen molar-refractivity contribution in [3.63, 3.8) is 0 Å². The number of benzene rings is 1. The maximum atomic E-state index is 11.9. The predicted octanol–water partition coefficient (Wildman–Crippen LogP) is 2.34. The Morgan fingerprint density at radius 3 is 2.47 bits per heavy atom. The third-order valence-corrected chi connectivity index (χ3v) is 3.63. The van der Waals surface area contributed by atoms with Crippen LogP contribution >= 0.6 is 12.2 Å². The number of carbonyl (C=O) groups is 2. The molecule has 2 rings (SSSR count). The van der Waals surface area contributed by atoms with Gasteiger partial charge in [0.2, 0.25) is 11.8 Å². The van der Waals surface area contributed by atoms with Gasteiger partial charge in [0.25, 0.3) is 0 Å². The van der Waals surface area contributed by atoms with Gasteiger partial charge in [-0.3, -0.25) is 14.5 Å². The number of thiocarbonyl (C=S) groups is 1. The molecule has 1 aromatic carbocycles. The maximum Gasteiger partial charge on any atom is 0.242 e. The Kier molecular flexibility index (Phi) is 3.95. The molecule has 1 heterocycles. The Morgan fingerprint density at radius 2 is 1.95 bits per heavy atom. The molecule has 1 aromatic rings. The van der Waals surface area contributed by atoms with E-state index in [1.807, 2.05) is 24.3 Å². The normalized spacial score (nSPS) is 17.4. The molecule has 1 fully saturated rings. The lowest BCUT2D eigenvalue weighted by Gasteiger charge is -2.27. The predicted molar refractivity (Wildman–Crippen MR) is 78.0 cm³/mol. The van der Waals surface area contributed by atoms with E-state index in [0.717, 1.165) is 6.42 Å². The molecule has 19 heavy (non-hydrogen) atoms. The largest absolute Gasteiger partial charge is 0.302 e. The molecule has 1 saturated heterocycles. The minimum Gasteiger partial charge on any atom is -0.302 e. The van der Waals surface area contributed by atoms with Crippen LogP contribution in [0.5, 0.6) is 0 Å². The first-order valence-electron chi connectivity index (χ1n) is 6.29. The number of nitrogens with zero attached hydrogens (tertiary/aromatic N) is 1. The summed E-state index contributed by atoms with van der Waals surface area (Å²) >= 11 is 5.04. The average molecular weight is 276 g/mol. The van der Waals surface area contributed by atoms with E-state index < -0.39 is 0 Å². The topological polar surface area (TPSA) is 49.4 Å². The number of carbonyl (C=O) groups excluding carboxylic acids is 2.